The highest BCUT2D eigenvalue weighted by Gasteiger charge is 2.44. The third-order valence-corrected chi connectivity index (χ3v) is 7.04. The minimum absolute atomic E-state index is 0.0265. The third kappa shape index (κ3) is 4.26. The van der Waals surface area contributed by atoms with E-state index in [2.05, 4.69) is 15.5 Å². The summed E-state index contributed by atoms with van der Waals surface area (Å²) in [6, 6.07) is 12.6. The molecule has 0 radical (unpaired) electrons. The molecule has 9 nitrogen and oxygen atoms in total. The Morgan fingerprint density at radius 2 is 1.91 bits per heavy atom. The topological polar surface area (TPSA) is 122 Å². The Morgan fingerprint density at radius 3 is 2.62 bits per heavy atom. The zero-order valence-electron chi connectivity index (χ0n) is 17.6. The van der Waals surface area contributed by atoms with Crippen LogP contribution in [-0.2, 0) is 26.2 Å². The number of carbonyl (C=O) groups is 2. The Balaban J connectivity index is 1.47. The Labute approximate surface area is 185 Å². The number of benzene rings is 2. The number of amides is 2. The van der Waals surface area contributed by atoms with Crippen molar-refractivity contribution in [3.05, 3.63) is 65.5 Å². The first-order valence-corrected chi connectivity index (χ1v) is 11.5. The van der Waals surface area contributed by atoms with Gasteiger partial charge in [-0.2, -0.15) is 4.98 Å². The van der Waals surface area contributed by atoms with Gasteiger partial charge < -0.3 is 9.84 Å². The predicted molar refractivity (Wildman–Crippen MR) is 115 cm³/mol. The highest BCUT2D eigenvalue weighted by Crippen LogP contribution is 2.27. The van der Waals surface area contributed by atoms with E-state index in [1.54, 1.807) is 12.1 Å². The van der Waals surface area contributed by atoms with Gasteiger partial charge in [0.25, 0.3) is 10.0 Å². The molecule has 0 saturated carbocycles. The quantitative estimate of drug-likeness (QED) is 0.606. The summed E-state index contributed by atoms with van der Waals surface area (Å²) in [5.74, 6) is -0.642. The van der Waals surface area contributed by atoms with Crippen molar-refractivity contribution >= 4 is 21.8 Å². The molecular formula is C22H22N4O5S. The molecule has 1 saturated heterocycles. The highest BCUT2D eigenvalue weighted by molar-refractivity contribution is 7.89. The van der Waals surface area contributed by atoms with E-state index in [0.29, 0.717) is 10.1 Å². The Bertz CT molecular complexity index is 1270. The van der Waals surface area contributed by atoms with Gasteiger partial charge in [-0.05, 0) is 38.5 Å². The maximum absolute atomic E-state index is 13.0. The van der Waals surface area contributed by atoms with Crippen molar-refractivity contribution in [2.24, 2.45) is 0 Å². The molecule has 4 rings (SSSR count). The second-order valence-electron chi connectivity index (χ2n) is 7.66. The van der Waals surface area contributed by atoms with E-state index in [4.69, 9.17) is 4.52 Å². The summed E-state index contributed by atoms with van der Waals surface area (Å²) < 4.78 is 31.9. The molecule has 0 aliphatic carbocycles. The lowest BCUT2D eigenvalue weighted by Gasteiger charge is -2.23. The average molecular weight is 455 g/mol. The fraction of sp³-hybridized carbons (Fsp3) is 0.273. The number of hydrogen-bond acceptors (Lipinski definition) is 7. The standard InChI is InChI=1S/C22H22N4O5S/c1-14-6-8-17(9-7-14)32(29,30)26-18(10-11-20(26)27)22(28)23-13-19-24-21(25-31-19)16-5-3-4-15(2)12-16/h3-9,12,18H,10-11,13H2,1-2H3,(H,23,28)/t18-/m0/s1. The zero-order valence-corrected chi connectivity index (χ0v) is 18.4. The normalized spacial score (nSPS) is 16.4. The SMILES string of the molecule is Cc1ccc(S(=O)(=O)N2C(=O)CC[C@H]2C(=O)NCc2nc(-c3cccc(C)c3)no2)cc1. The summed E-state index contributed by atoms with van der Waals surface area (Å²) >= 11 is 0. The molecule has 1 aromatic heterocycles. The molecule has 0 bridgehead atoms. The van der Waals surface area contributed by atoms with Crippen LogP contribution in [0.15, 0.2) is 57.9 Å². The van der Waals surface area contributed by atoms with Crippen LogP contribution in [0.1, 0.15) is 29.9 Å². The minimum Gasteiger partial charge on any atom is -0.345 e. The van der Waals surface area contributed by atoms with Crippen molar-refractivity contribution in [1.29, 1.82) is 0 Å². The summed E-state index contributed by atoms with van der Waals surface area (Å²) in [5, 5.41) is 6.52. The molecular weight excluding hydrogens is 432 g/mol. The van der Waals surface area contributed by atoms with E-state index >= 15 is 0 Å². The number of hydrogen-bond donors (Lipinski definition) is 1. The van der Waals surface area contributed by atoms with Crippen LogP contribution in [0.3, 0.4) is 0 Å². The Hall–Kier alpha value is -3.53. The molecule has 0 unspecified atom stereocenters. The summed E-state index contributed by atoms with van der Waals surface area (Å²) in [7, 11) is -4.15. The van der Waals surface area contributed by atoms with Gasteiger partial charge in [-0.25, -0.2) is 12.7 Å². The zero-order chi connectivity index (χ0) is 22.9. The molecule has 1 aliphatic rings. The van der Waals surface area contributed by atoms with Crippen LogP contribution in [0.2, 0.25) is 0 Å². The summed E-state index contributed by atoms with van der Waals surface area (Å²) in [6.45, 7) is 3.69. The fourth-order valence-corrected chi connectivity index (χ4v) is 5.14. The molecule has 2 aromatic carbocycles. The number of rotatable bonds is 6. The molecule has 10 heteroatoms. The molecule has 2 amide bonds. The monoisotopic (exact) mass is 454 g/mol. The molecule has 1 fully saturated rings. The molecule has 0 spiro atoms. The number of aromatic nitrogens is 2. The second-order valence-corrected chi connectivity index (χ2v) is 9.48. The summed E-state index contributed by atoms with van der Waals surface area (Å²) in [4.78, 5) is 29.4. The van der Waals surface area contributed by atoms with Crippen molar-refractivity contribution < 1.29 is 22.5 Å². The van der Waals surface area contributed by atoms with Crippen molar-refractivity contribution in [2.75, 3.05) is 0 Å². The van der Waals surface area contributed by atoms with Gasteiger partial charge in [0.15, 0.2) is 0 Å². The smallest absolute Gasteiger partial charge is 0.267 e. The van der Waals surface area contributed by atoms with Gasteiger partial charge in [-0.15, -0.1) is 0 Å². The molecule has 2 heterocycles. The first kappa shape index (κ1) is 21.7. The van der Waals surface area contributed by atoms with Gasteiger partial charge in [0.05, 0.1) is 11.4 Å². The first-order valence-electron chi connectivity index (χ1n) is 10.1. The van der Waals surface area contributed by atoms with Crippen molar-refractivity contribution in [2.45, 2.75) is 44.2 Å². The van der Waals surface area contributed by atoms with Crippen LogP contribution in [0.5, 0.6) is 0 Å². The van der Waals surface area contributed by atoms with E-state index in [1.165, 1.54) is 12.1 Å². The largest absolute Gasteiger partial charge is 0.345 e. The van der Waals surface area contributed by atoms with Crippen LogP contribution < -0.4 is 5.32 Å². The lowest BCUT2D eigenvalue weighted by Crippen LogP contribution is -2.47. The lowest BCUT2D eigenvalue weighted by atomic mass is 10.1. The maximum atomic E-state index is 13.0. The van der Waals surface area contributed by atoms with Crippen LogP contribution in [-0.4, -0.2) is 40.7 Å². The second kappa shape index (κ2) is 8.54. The van der Waals surface area contributed by atoms with Gasteiger partial charge in [-0.3, -0.25) is 9.59 Å². The van der Waals surface area contributed by atoms with Crippen molar-refractivity contribution in [1.82, 2.24) is 19.8 Å². The molecule has 32 heavy (non-hydrogen) atoms. The van der Waals surface area contributed by atoms with Crippen molar-refractivity contribution in [3.8, 4) is 11.4 Å². The Kier molecular flexibility index (Phi) is 5.79. The summed E-state index contributed by atoms with van der Waals surface area (Å²) in [6.07, 6.45) is 0.0787. The van der Waals surface area contributed by atoms with Crippen LogP contribution in [0.4, 0.5) is 0 Å². The van der Waals surface area contributed by atoms with E-state index in [1.807, 2.05) is 38.1 Å². The number of sulfonamides is 1. The van der Waals surface area contributed by atoms with Crippen LogP contribution in [0, 0.1) is 13.8 Å². The van der Waals surface area contributed by atoms with Gasteiger partial charge in [0, 0.05) is 12.0 Å². The molecule has 166 valence electrons. The van der Waals surface area contributed by atoms with E-state index < -0.39 is 27.9 Å². The predicted octanol–water partition coefficient (Wildman–Crippen LogP) is 2.35. The number of aryl methyl sites for hydroxylation is 2. The molecule has 3 aromatic rings. The lowest BCUT2D eigenvalue weighted by molar-refractivity contribution is -0.130. The fourth-order valence-electron chi connectivity index (χ4n) is 3.53. The first-order chi connectivity index (χ1) is 15.3. The van der Waals surface area contributed by atoms with E-state index in [-0.39, 0.29) is 30.2 Å². The number of nitrogens with zero attached hydrogens (tertiary/aromatic N) is 3. The average Bonchev–Trinajstić information content (AvgIpc) is 3.39. The highest BCUT2D eigenvalue weighted by atomic mass is 32.2. The Morgan fingerprint density at radius 1 is 1.16 bits per heavy atom. The van der Waals surface area contributed by atoms with Crippen LogP contribution in [0.25, 0.3) is 11.4 Å². The van der Waals surface area contributed by atoms with Gasteiger partial charge in [0.1, 0.15) is 6.04 Å². The van der Waals surface area contributed by atoms with Crippen LogP contribution >= 0.6 is 0 Å². The number of nitrogens with one attached hydrogen (secondary N) is 1. The third-order valence-electron chi connectivity index (χ3n) is 5.20. The van der Waals surface area contributed by atoms with E-state index in [0.717, 1.165) is 16.7 Å². The maximum Gasteiger partial charge on any atom is 0.267 e. The van der Waals surface area contributed by atoms with Crippen molar-refractivity contribution in [3.63, 3.8) is 0 Å². The summed E-state index contributed by atoms with van der Waals surface area (Å²) in [5.41, 5.74) is 2.71. The van der Waals surface area contributed by atoms with Gasteiger partial charge >= 0.3 is 0 Å². The minimum atomic E-state index is -4.15. The molecule has 1 aliphatic heterocycles. The molecule has 1 atom stereocenters. The molecule has 1 N–H and O–H groups in total. The van der Waals surface area contributed by atoms with E-state index in [9.17, 15) is 18.0 Å². The van der Waals surface area contributed by atoms with Gasteiger partial charge in [-0.1, -0.05) is 46.6 Å². The number of carbonyl (C=O) groups excluding carboxylic acids is 2. The van der Waals surface area contributed by atoms with Gasteiger partial charge in [0.2, 0.25) is 23.5 Å².